The molecule has 1 N–H and O–H groups in total. The molecule has 0 aliphatic heterocycles. The second kappa shape index (κ2) is 9.80. The van der Waals surface area contributed by atoms with Gasteiger partial charge in [-0.05, 0) is 36.8 Å². The number of carbonyl (C=O) groups excluding carboxylic acids is 1. The van der Waals surface area contributed by atoms with Crippen LogP contribution in [-0.2, 0) is 29.2 Å². The van der Waals surface area contributed by atoms with Crippen molar-refractivity contribution in [3.05, 3.63) is 23.3 Å². The molecule has 1 aromatic carbocycles. The Bertz CT molecular complexity index is 686. The minimum Gasteiger partial charge on any atom is -0.507 e. The molecule has 0 amide bonds. The first-order valence-electron chi connectivity index (χ1n) is 9.64. The van der Waals surface area contributed by atoms with Crippen molar-refractivity contribution in [3.8, 4) is 5.75 Å². The number of thioether (sulfide) groups is 1. The minimum atomic E-state index is -3.38. The van der Waals surface area contributed by atoms with Crippen molar-refractivity contribution in [2.45, 2.75) is 71.1 Å². The van der Waals surface area contributed by atoms with Crippen molar-refractivity contribution in [3.63, 3.8) is 0 Å². The Hall–Kier alpha value is -0.810. The molecule has 7 heteroatoms. The number of aromatic hydroxyl groups is 1. The normalized spacial score (nSPS) is 13.0. The number of phenolic OH excluding ortho intramolecular Hbond substituents is 1. The first-order chi connectivity index (χ1) is 12.7. The zero-order valence-electron chi connectivity index (χ0n) is 18.4. The smallest absolute Gasteiger partial charge is 0.338 e. The van der Waals surface area contributed by atoms with E-state index >= 15 is 0 Å². The molecule has 28 heavy (non-hydrogen) atoms. The van der Waals surface area contributed by atoms with Crippen LogP contribution in [0.25, 0.3) is 0 Å². The lowest BCUT2D eigenvalue weighted by Gasteiger charge is -2.28. The molecule has 1 aromatic rings. The summed E-state index contributed by atoms with van der Waals surface area (Å²) in [6.07, 6.45) is -0.224. The van der Waals surface area contributed by atoms with Crippen LogP contribution in [0.3, 0.4) is 0 Å². The Morgan fingerprint density at radius 2 is 1.43 bits per heavy atom. The molecule has 0 atom stereocenters. The molecule has 0 unspecified atom stereocenters. The Morgan fingerprint density at radius 1 is 1.00 bits per heavy atom. The SMILES string of the molecule is CCOP(=O)(CC(=O)CSc1cc(C(C)(C)C)c(O)c(C(C)(C)C)c1)OCC. The van der Waals surface area contributed by atoms with Crippen molar-refractivity contribution >= 4 is 25.1 Å². The number of hydrogen-bond donors (Lipinski definition) is 1. The van der Waals surface area contributed by atoms with E-state index in [0.29, 0.717) is 5.75 Å². The van der Waals surface area contributed by atoms with Crippen molar-refractivity contribution in [2.75, 3.05) is 25.1 Å². The van der Waals surface area contributed by atoms with Gasteiger partial charge in [0.25, 0.3) is 0 Å². The number of benzene rings is 1. The fourth-order valence-electron chi connectivity index (χ4n) is 2.78. The van der Waals surface area contributed by atoms with Gasteiger partial charge in [0.1, 0.15) is 11.9 Å². The number of hydrogen-bond acceptors (Lipinski definition) is 6. The second-order valence-electron chi connectivity index (χ2n) is 8.80. The average Bonchev–Trinajstić information content (AvgIpc) is 2.51. The van der Waals surface area contributed by atoms with E-state index in [2.05, 4.69) is 41.5 Å². The zero-order chi connectivity index (χ0) is 21.8. The van der Waals surface area contributed by atoms with Crippen molar-refractivity contribution < 1.29 is 23.5 Å². The summed E-state index contributed by atoms with van der Waals surface area (Å²) in [5.41, 5.74) is 1.24. The van der Waals surface area contributed by atoms with Crippen LogP contribution in [0, 0.1) is 0 Å². The van der Waals surface area contributed by atoms with Gasteiger partial charge in [-0.25, -0.2) is 0 Å². The van der Waals surface area contributed by atoms with Gasteiger partial charge in [-0.3, -0.25) is 9.36 Å². The van der Waals surface area contributed by atoms with Crippen molar-refractivity contribution in [1.82, 2.24) is 0 Å². The molecular formula is C21H35O5PS. The summed E-state index contributed by atoms with van der Waals surface area (Å²) in [5.74, 6) is 0.299. The van der Waals surface area contributed by atoms with E-state index in [0.717, 1.165) is 16.0 Å². The lowest BCUT2D eigenvalue weighted by molar-refractivity contribution is -0.114. The standard InChI is InChI=1S/C21H35O5PS/c1-9-25-27(24,26-10-2)13-15(22)14-28-16-11-17(20(3,4)5)19(23)18(12-16)21(6,7)8/h11-12,23H,9-10,13-14H2,1-8H3. The van der Waals surface area contributed by atoms with E-state index in [1.807, 2.05) is 12.1 Å². The lowest BCUT2D eigenvalue weighted by Crippen LogP contribution is -2.17. The Labute approximate surface area is 174 Å². The molecule has 0 aliphatic carbocycles. The molecular weight excluding hydrogens is 395 g/mol. The third-order valence-electron chi connectivity index (χ3n) is 4.12. The highest BCUT2D eigenvalue weighted by molar-refractivity contribution is 8.00. The predicted octanol–water partition coefficient (Wildman–Crippen LogP) is 5.91. The summed E-state index contributed by atoms with van der Waals surface area (Å²) >= 11 is 1.38. The quantitative estimate of drug-likeness (QED) is 0.388. The van der Waals surface area contributed by atoms with E-state index in [1.54, 1.807) is 13.8 Å². The summed E-state index contributed by atoms with van der Waals surface area (Å²) in [5, 5.41) is 10.8. The monoisotopic (exact) mass is 430 g/mol. The fourth-order valence-corrected chi connectivity index (χ4v) is 5.35. The molecule has 0 aliphatic rings. The van der Waals surface area contributed by atoms with Crippen LogP contribution in [0.2, 0.25) is 0 Å². The topological polar surface area (TPSA) is 72.8 Å². The van der Waals surface area contributed by atoms with Crippen LogP contribution in [0.1, 0.15) is 66.5 Å². The molecule has 1 rings (SSSR count). The molecule has 160 valence electrons. The van der Waals surface area contributed by atoms with E-state index in [1.165, 1.54) is 11.8 Å². The van der Waals surface area contributed by atoms with Gasteiger partial charge in [-0.15, -0.1) is 11.8 Å². The Balaban J connectivity index is 3.06. The van der Waals surface area contributed by atoms with Gasteiger partial charge in [-0.1, -0.05) is 41.5 Å². The summed E-state index contributed by atoms with van der Waals surface area (Å²) in [6, 6.07) is 3.88. The van der Waals surface area contributed by atoms with Crippen LogP contribution < -0.4 is 0 Å². The molecule has 0 heterocycles. The molecule has 5 nitrogen and oxygen atoms in total. The first-order valence-corrected chi connectivity index (χ1v) is 12.4. The van der Waals surface area contributed by atoms with Crippen molar-refractivity contribution in [2.24, 2.45) is 0 Å². The largest absolute Gasteiger partial charge is 0.507 e. The molecule has 0 fully saturated rings. The number of carbonyl (C=O) groups is 1. The second-order valence-corrected chi connectivity index (χ2v) is 11.9. The number of Topliss-reactive ketones (excluding diaryl/α,β-unsaturated/α-hetero) is 1. The maximum absolute atomic E-state index is 12.5. The predicted molar refractivity (Wildman–Crippen MR) is 117 cm³/mol. The van der Waals surface area contributed by atoms with Crippen molar-refractivity contribution in [1.29, 1.82) is 0 Å². The van der Waals surface area contributed by atoms with Crippen LogP contribution in [0.15, 0.2) is 17.0 Å². The summed E-state index contributed by atoms with van der Waals surface area (Å²) in [6.45, 7) is 16.2. The molecule has 0 spiro atoms. The lowest BCUT2D eigenvalue weighted by atomic mass is 9.79. The van der Waals surface area contributed by atoms with Gasteiger partial charge < -0.3 is 14.2 Å². The maximum Gasteiger partial charge on any atom is 0.338 e. The number of phenols is 1. The summed E-state index contributed by atoms with van der Waals surface area (Å²) < 4.78 is 23.0. The third kappa shape index (κ3) is 7.22. The van der Waals surface area contributed by atoms with Gasteiger partial charge in [-0.2, -0.15) is 0 Å². The average molecular weight is 431 g/mol. The van der Waals surface area contributed by atoms with Crippen LogP contribution in [0.5, 0.6) is 5.75 Å². The molecule has 0 saturated heterocycles. The summed E-state index contributed by atoms with van der Waals surface area (Å²) in [4.78, 5) is 13.3. The molecule has 0 bridgehead atoms. The molecule has 0 radical (unpaired) electrons. The van der Waals surface area contributed by atoms with Gasteiger partial charge in [0, 0.05) is 16.0 Å². The highest BCUT2D eigenvalue weighted by atomic mass is 32.2. The summed E-state index contributed by atoms with van der Waals surface area (Å²) in [7, 11) is -3.38. The maximum atomic E-state index is 12.5. The van der Waals surface area contributed by atoms with E-state index in [4.69, 9.17) is 9.05 Å². The zero-order valence-corrected chi connectivity index (χ0v) is 20.1. The number of rotatable bonds is 9. The Morgan fingerprint density at radius 3 is 1.79 bits per heavy atom. The van der Waals surface area contributed by atoms with Crippen LogP contribution >= 0.6 is 19.4 Å². The Kier molecular flexibility index (Phi) is 8.82. The van der Waals surface area contributed by atoms with Gasteiger partial charge in [0.15, 0.2) is 5.78 Å². The van der Waals surface area contributed by atoms with Gasteiger partial charge in [0.05, 0.1) is 19.0 Å². The molecule has 0 aromatic heterocycles. The third-order valence-corrected chi connectivity index (χ3v) is 7.20. The van der Waals surface area contributed by atoms with E-state index in [-0.39, 0.29) is 41.7 Å². The minimum absolute atomic E-state index is 0.169. The first kappa shape index (κ1) is 25.2. The highest BCUT2D eigenvalue weighted by Gasteiger charge is 2.29. The van der Waals surface area contributed by atoms with Gasteiger partial charge >= 0.3 is 7.60 Å². The molecule has 0 saturated carbocycles. The van der Waals surface area contributed by atoms with Gasteiger partial charge in [0.2, 0.25) is 0 Å². The number of ketones is 1. The van der Waals surface area contributed by atoms with Crippen LogP contribution in [-0.4, -0.2) is 36.0 Å². The fraction of sp³-hybridized carbons (Fsp3) is 0.667. The van der Waals surface area contributed by atoms with E-state index in [9.17, 15) is 14.5 Å². The highest BCUT2D eigenvalue weighted by Crippen LogP contribution is 2.48. The van der Waals surface area contributed by atoms with Crippen LogP contribution in [0.4, 0.5) is 0 Å². The van der Waals surface area contributed by atoms with E-state index < -0.39 is 7.60 Å².